The number of amides is 1. The van der Waals surface area contributed by atoms with Crippen LogP contribution >= 0.6 is 0 Å². The average Bonchev–Trinajstić information content (AvgIpc) is 3.32. The van der Waals surface area contributed by atoms with Gasteiger partial charge in [0.25, 0.3) is 5.91 Å². The fourth-order valence-electron chi connectivity index (χ4n) is 2.86. The summed E-state index contributed by atoms with van der Waals surface area (Å²) in [5.74, 6) is 0.0576. The maximum Gasteiger partial charge on any atom is 0.335 e. The number of fused-ring (bicyclic) bond motifs is 1. The lowest BCUT2D eigenvalue weighted by molar-refractivity contribution is 0.0696. The first-order valence-corrected chi connectivity index (χ1v) is 7.59. The Labute approximate surface area is 132 Å². The van der Waals surface area contributed by atoms with Crippen molar-refractivity contribution in [2.45, 2.75) is 31.8 Å². The highest BCUT2D eigenvalue weighted by Gasteiger charge is 2.29. The van der Waals surface area contributed by atoms with E-state index in [-0.39, 0.29) is 11.5 Å². The molecule has 1 amide bonds. The van der Waals surface area contributed by atoms with E-state index in [0.717, 1.165) is 29.8 Å². The predicted octanol–water partition coefficient (Wildman–Crippen LogP) is 2.21. The molecular formula is C17H15N3O3. The van der Waals surface area contributed by atoms with Crippen LogP contribution in [0.5, 0.6) is 0 Å². The number of carbonyl (C=O) groups is 2. The molecule has 1 aliphatic heterocycles. The summed E-state index contributed by atoms with van der Waals surface area (Å²) in [7, 11) is 0. The summed E-state index contributed by atoms with van der Waals surface area (Å²) in [6.45, 7) is 0.898. The van der Waals surface area contributed by atoms with Crippen molar-refractivity contribution < 1.29 is 14.7 Å². The van der Waals surface area contributed by atoms with Crippen LogP contribution < -0.4 is 0 Å². The summed E-state index contributed by atoms with van der Waals surface area (Å²) in [6.07, 6.45) is 3.81. The van der Waals surface area contributed by atoms with Crippen molar-refractivity contribution in [1.29, 1.82) is 0 Å². The Morgan fingerprint density at radius 1 is 1.13 bits per heavy atom. The maximum atomic E-state index is 12.6. The predicted molar refractivity (Wildman–Crippen MR) is 81.0 cm³/mol. The third-order valence-electron chi connectivity index (χ3n) is 4.30. The summed E-state index contributed by atoms with van der Waals surface area (Å²) in [4.78, 5) is 34.0. The average molecular weight is 309 g/mol. The molecule has 0 atom stereocenters. The molecule has 1 fully saturated rings. The molecule has 6 nitrogen and oxygen atoms in total. The van der Waals surface area contributed by atoms with Gasteiger partial charge in [-0.15, -0.1) is 0 Å². The van der Waals surface area contributed by atoms with Gasteiger partial charge in [-0.05, 0) is 42.2 Å². The van der Waals surface area contributed by atoms with E-state index >= 15 is 0 Å². The number of carboxylic acid groups (broad SMARTS) is 1. The van der Waals surface area contributed by atoms with Crippen LogP contribution in [0.1, 0.15) is 56.6 Å². The second-order valence-corrected chi connectivity index (χ2v) is 6.02. The zero-order valence-corrected chi connectivity index (χ0v) is 12.4. The van der Waals surface area contributed by atoms with Crippen molar-refractivity contribution in [2.24, 2.45) is 0 Å². The number of carboxylic acids is 1. The lowest BCUT2D eigenvalue weighted by atomic mass is 10.1. The molecule has 2 aromatic rings. The van der Waals surface area contributed by atoms with Crippen LogP contribution in [-0.2, 0) is 13.1 Å². The lowest BCUT2D eigenvalue weighted by Crippen LogP contribution is -2.26. The lowest BCUT2D eigenvalue weighted by Gasteiger charge is -2.15. The van der Waals surface area contributed by atoms with Crippen LogP contribution in [0.25, 0.3) is 0 Å². The second-order valence-electron chi connectivity index (χ2n) is 6.02. The molecule has 116 valence electrons. The van der Waals surface area contributed by atoms with Gasteiger partial charge in [0.15, 0.2) is 0 Å². The van der Waals surface area contributed by atoms with Crippen molar-refractivity contribution in [3.8, 4) is 0 Å². The molecule has 1 aromatic heterocycles. The highest BCUT2D eigenvalue weighted by molar-refractivity contribution is 5.93. The summed E-state index contributed by atoms with van der Waals surface area (Å²) in [5, 5.41) is 9.06. The van der Waals surface area contributed by atoms with Crippen LogP contribution in [0.4, 0.5) is 0 Å². The summed E-state index contributed by atoms with van der Waals surface area (Å²) < 4.78 is 0. The van der Waals surface area contributed by atoms with Gasteiger partial charge in [0.1, 0.15) is 11.5 Å². The smallest absolute Gasteiger partial charge is 0.335 e. The molecule has 0 radical (unpaired) electrons. The van der Waals surface area contributed by atoms with Gasteiger partial charge >= 0.3 is 5.97 Å². The zero-order chi connectivity index (χ0) is 16.0. The minimum Gasteiger partial charge on any atom is -0.478 e. The molecule has 0 spiro atoms. The Balaban J connectivity index is 1.56. The zero-order valence-electron chi connectivity index (χ0n) is 12.4. The number of carbonyl (C=O) groups excluding carboxylic acids is 1. The molecule has 23 heavy (non-hydrogen) atoms. The second kappa shape index (κ2) is 5.15. The highest BCUT2D eigenvalue weighted by Crippen LogP contribution is 2.37. The first-order chi connectivity index (χ1) is 11.1. The van der Waals surface area contributed by atoms with Crippen LogP contribution in [0, 0.1) is 0 Å². The molecule has 1 aliphatic carbocycles. The van der Waals surface area contributed by atoms with Gasteiger partial charge in [0.05, 0.1) is 5.56 Å². The van der Waals surface area contributed by atoms with E-state index in [9.17, 15) is 9.59 Å². The number of rotatable bonds is 3. The van der Waals surface area contributed by atoms with Crippen LogP contribution in [0.15, 0.2) is 30.5 Å². The molecule has 0 saturated heterocycles. The largest absolute Gasteiger partial charge is 0.478 e. The minimum absolute atomic E-state index is 0.137. The summed E-state index contributed by atoms with van der Waals surface area (Å²) in [5.41, 5.74) is 2.53. The van der Waals surface area contributed by atoms with Crippen molar-refractivity contribution in [3.05, 3.63) is 58.7 Å². The molecule has 1 N–H and O–H groups in total. The Hall–Kier alpha value is -2.76. The molecule has 2 heterocycles. The van der Waals surface area contributed by atoms with Crippen molar-refractivity contribution in [2.75, 3.05) is 0 Å². The molecule has 6 heteroatoms. The first kappa shape index (κ1) is 13.9. The number of aromatic carboxylic acids is 1. The van der Waals surface area contributed by atoms with Gasteiger partial charge in [-0.3, -0.25) is 4.79 Å². The molecule has 1 aromatic carbocycles. The number of hydrogen-bond acceptors (Lipinski definition) is 4. The number of benzene rings is 1. The molecule has 0 unspecified atom stereocenters. The fourth-order valence-corrected chi connectivity index (χ4v) is 2.86. The van der Waals surface area contributed by atoms with E-state index in [1.807, 2.05) is 0 Å². The molecular weight excluding hydrogens is 294 g/mol. The highest BCUT2D eigenvalue weighted by atomic mass is 16.4. The minimum atomic E-state index is -0.956. The van der Waals surface area contributed by atoms with Gasteiger partial charge in [-0.2, -0.15) is 0 Å². The van der Waals surface area contributed by atoms with E-state index in [1.54, 1.807) is 35.4 Å². The van der Waals surface area contributed by atoms with Gasteiger partial charge in [-0.25, -0.2) is 14.8 Å². The van der Waals surface area contributed by atoms with Crippen LogP contribution in [-0.4, -0.2) is 31.9 Å². The molecule has 2 aliphatic rings. The van der Waals surface area contributed by atoms with E-state index in [2.05, 4.69) is 9.97 Å². The monoisotopic (exact) mass is 309 g/mol. The standard InChI is InChI=1S/C17H15N3O3/c21-16(14-5-6-18-15(19-14)10-1-2-10)20-8-12-4-3-11(17(22)23)7-13(12)9-20/h3-7,10H,1-2,8-9H2,(H,22,23). The molecule has 0 bridgehead atoms. The molecule has 1 saturated carbocycles. The third kappa shape index (κ3) is 2.56. The SMILES string of the molecule is O=C(O)c1ccc2c(c1)CN(C(=O)c1ccnc(C3CC3)n1)C2. The Morgan fingerprint density at radius 2 is 1.91 bits per heavy atom. The Morgan fingerprint density at radius 3 is 2.65 bits per heavy atom. The van der Waals surface area contributed by atoms with Gasteiger partial charge in [0.2, 0.25) is 0 Å². The summed E-state index contributed by atoms with van der Waals surface area (Å²) in [6, 6.07) is 6.63. The summed E-state index contributed by atoms with van der Waals surface area (Å²) >= 11 is 0. The maximum absolute atomic E-state index is 12.6. The Kier molecular flexibility index (Phi) is 3.11. The quantitative estimate of drug-likeness (QED) is 0.939. The van der Waals surface area contributed by atoms with Crippen LogP contribution in [0.2, 0.25) is 0 Å². The van der Waals surface area contributed by atoms with Crippen LogP contribution in [0.3, 0.4) is 0 Å². The third-order valence-corrected chi connectivity index (χ3v) is 4.30. The van der Waals surface area contributed by atoms with Crippen molar-refractivity contribution in [3.63, 3.8) is 0 Å². The van der Waals surface area contributed by atoms with E-state index in [4.69, 9.17) is 5.11 Å². The number of hydrogen-bond donors (Lipinski definition) is 1. The topological polar surface area (TPSA) is 83.4 Å². The van der Waals surface area contributed by atoms with Crippen molar-refractivity contribution >= 4 is 11.9 Å². The van der Waals surface area contributed by atoms with Gasteiger partial charge in [0, 0.05) is 25.2 Å². The Bertz CT molecular complexity index is 814. The molecule has 4 rings (SSSR count). The number of nitrogens with zero attached hydrogens (tertiary/aromatic N) is 3. The van der Waals surface area contributed by atoms with E-state index in [1.165, 1.54) is 0 Å². The number of aromatic nitrogens is 2. The van der Waals surface area contributed by atoms with Gasteiger partial charge in [-0.1, -0.05) is 6.07 Å². The fraction of sp³-hybridized carbons (Fsp3) is 0.294. The van der Waals surface area contributed by atoms with Crippen molar-refractivity contribution in [1.82, 2.24) is 14.9 Å². The van der Waals surface area contributed by atoms with E-state index in [0.29, 0.717) is 24.7 Å². The normalized spacial score (nSPS) is 16.3. The first-order valence-electron chi connectivity index (χ1n) is 7.59. The van der Waals surface area contributed by atoms with Gasteiger partial charge < -0.3 is 10.0 Å². The van der Waals surface area contributed by atoms with E-state index < -0.39 is 5.97 Å².